The van der Waals surface area contributed by atoms with Crippen molar-refractivity contribution in [2.45, 2.75) is 24.7 Å². The lowest BCUT2D eigenvalue weighted by atomic mass is 10.1. The molecule has 0 unspecified atom stereocenters. The minimum atomic E-state index is -3.66. The molecule has 4 rings (SSSR count). The molecule has 0 bridgehead atoms. The van der Waals surface area contributed by atoms with E-state index in [-0.39, 0.29) is 10.6 Å². The number of sulfone groups is 1. The minimum absolute atomic E-state index is 0.137. The quantitative estimate of drug-likeness (QED) is 0.652. The molecule has 1 aliphatic heterocycles. The first-order chi connectivity index (χ1) is 14.7. The summed E-state index contributed by atoms with van der Waals surface area (Å²) in [5, 5.41) is 12.2. The van der Waals surface area contributed by atoms with Crippen LogP contribution in [0.1, 0.15) is 29.7 Å². The number of fused-ring (bicyclic) bond motifs is 1. The van der Waals surface area contributed by atoms with E-state index >= 15 is 0 Å². The number of rotatable bonds is 5. The molecule has 0 spiro atoms. The normalized spacial score (nSPS) is 12.8. The Balaban J connectivity index is 1.77. The number of aliphatic imine (C=N–C) groups is 1. The number of nitrogens with one attached hydrogen (secondary N) is 1. The highest BCUT2D eigenvalue weighted by Crippen LogP contribution is 2.37. The minimum Gasteiger partial charge on any atom is -0.353 e. The van der Waals surface area contributed by atoms with E-state index in [2.05, 4.69) is 20.3 Å². The molecule has 0 saturated heterocycles. The fourth-order valence-electron chi connectivity index (χ4n) is 3.43. The van der Waals surface area contributed by atoms with Crippen LogP contribution >= 0.6 is 0 Å². The largest absolute Gasteiger partial charge is 0.353 e. The van der Waals surface area contributed by atoms with Crippen LogP contribution in [0, 0.1) is 17.1 Å². The van der Waals surface area contributed by atoms with E-state index < -0.39 is 15.7 Å². The van der Waals surface area contributed by atoms with Gasteiger partial charge in [-0.15, -0.1) is 0 Å². The van der Waals surface area contributed by atoms with Crippen LogP contribution in [0.25, 0.3) is 0 Å². The standard InChI is InChI=1S/C22H18FN5O2S/c1-13-8-19-22(25-13)20(28-18-7-6-14(23)9-21(18)31(2,29)30)11-17(27-19)10-15-4-3-5-16(12-24)26-15/h3-7,9,11H,8,10H2,1-2H3,(H,27,28). The molecule has 3 aromatic rings. The summed E-state index contributed by atoms with van der Waals surface area (Å²) in [7, 11) is -3.66. The summed E-state index contributed by atoms with van der Waals surface area (Å²) in [6.45, 7) is 1.89. The maximum Gasteiger partial charge on any atom is 0.177 e. The molecule has 1 aromatic carbocycles. The summed E-state index contributed by atoms with van der Waals surface area (Å²) < 4.78 is 38.0. The van der Waals surface area contributed by atoms with Crippen LogP contribution in [0.4, 0.5) is 21.5 Å². The van der Waals surface area contributed by atoms with Gasteiger partial charge in [-0.05, 0) is 43.3 Å². The van der Waals surface area contributed by atoms with Crippen molar-refractivity contribution in [2.24, 2.45) is 4.99 Å². The van der Waals surface area contributed by atoms with Crippen molar-refractivity contribution in [3.63, 3.8) is 0 Å². The maximum atomic E-state index is 13.7. The van der Waals surface area contributed by atoms with Gasteiger partial charge in [-0.1, -0.05) is 6.07 Å². The zero-order valence-corrected chi connectivity index (χ0v) is 17.7. The van der Waals surface area contributed by atoms with Gasteiger partial charge in [-0.25, -0.2) is 17.8 Å². The highest BCUT2D eigenvalue weighted by atomic mass is 32.2. The number of pyridine rings is 2. The zero-order valence-electron chi connectivity index (χ0n) is 16.8. The number of hydrogen-bond acceptors (Lipinski definition) is 7. The number of nitrogens with zero attached hydrogens (tertiary/aromatic N) is 4. The Morgan fingerprint density at radius 3 is 2.68 bits per heavy atom. The van der Waals surface area contributed by atoms with Crippen molar-refractivity contribution in [1.29, 1.82) is 5.26 Å². The smallest absolute Gasteiger partial charge is 0.177 e. The molecule has 31 heavy (non-hydrogen) atoms. The molecule has 3 heterocycles. The summed E-state index contributed by atoms with van der Waals surface area (Å²) in [5.41, 5.74) is 4.80. The lowest BCUT2D eigenvalue weighted by Gasteiger charge is -2.15. The van der Waals surface area contributed by atoms with Gasteiger partial charge >= 0.3 is 0 Å². The van der Waals surface area contributed by atoms with Crippen molar-refractivity contribution in [3.8, 4) is 6.07 Å². The molecule has 0 saturated carbocycles. The molecule has 1 aliphatic rings. The van der Waals surface area contributed by atoms with Crippen LogP contribution in [-0.4, -0.2) is 30.4 Å². The topological polar surface area (TPSA) is 108 Å². The predicted molar refractivity (Wildman–Crippen MR) is 115 cm³/mol. The Hall–Kier alpha value is -3.64. The molecule has 1 N–H and O–H groups in total. The second-order valence-electron chi connectivity index (χ2n) is 7.32. The number of anilines is 2. The van der Waals surface area contributed by atoms with Gasteiger partial charge in [-0.3, -0.25) is 9.98 Å². The molecule has 7 nitrogen and oxygen atoms in total. The highest BCUT2D eigenvalue weighted by Gasteiger charge is 2.21. The summed E-state index contributed by atoms with van der Waals surface area (Å²) in [4.78, 5) is 13.4. The Labute approximate surface area is 179 Å². The summed E-state index contributed by atoms with van der Waals surface area (Å²) >= 11 is 0. The number of benzene rings is 1. The number of hydrogen-bond donors (Lipinski definition) is 1. The fraction of sp³-hybridized carbons (Fsp3) is 0.182. The summed E-state index contributed by atoms with van der Waals surface area (Å²) in [5.74, 6) is -0.635. The van der Waals surface area contributed by atoms with Gasteiger partial charge in [0, 0.05) is 36.2 Å². The van der Waals surface area contributed by atoms with Gasteiger partial charge in [-0.2, -0.15) is 5.26 Å². The summed E-state index contributed by atoms with van der Waals surface area (Å²) in [6, 6.07) is 12.6. The predicted octanol–water partition coefficient (Wildman–Crippen LogP) is 3.87. The Kier molecular flexibility index (Phi) is 5.25. The lowest BCUT2D eigenvalue weighted by Crippen LogP contribution is -2.05. The molecule has 156 valence electrons. The van der Waals surface area contributed by atoms with E-state index in [0.717, 1.165) is 23.7 Å². The Bertz CT molecular complexity index is 1380. The third-order valence-corrected chi connectivity index (χ3v) is 5.88. The highest BCUT2D eigenvalue weighted by molar-refractivity contribution is 7.90. The van der Waals surface area contributed by atoms with Crippen LogP contribution in [-0.2, 0) is 22.7 Å². The van der Waals surface area contributed by atoms with E-state index in [1.54, 1.807) is 18.2 Å². The van der Waals surface area contributed by atoms with Crippen LogP contribution in [0.15, 0.2) is 52.4 Å². The summed E-state index contributed by atoms with van der Waals surface area (Å²) in [6.07, 6.45) is 2.00. The number of aromatic nitrogens is 2. The molecular formula is C22H18FN5O2S. The van der Waals surface area contributed by atoms with Crippen LogP contribution < -0.4 is 5.32 Å². The molecule has 9 heteroatoms. The van der Waals surface area contributed by atoms with Gasteiger partial charge in [0.15, 0.2) is 9.84 Å². The van der Waals surface area contributed by atoms with Gasteiger partial charge in [0.2, 0.25) is 0 Å². The van der Waals surface area contributed by atoms with Crippen molar-refractivity contribution < 1.29 is 12.8 Å². The lowest BCUT2D eigenvalue weighted by molar-refractivity contribution is 0.596. The molecule has 0 fully saturated rings. The third-order valence-electron chi connectivity index (χ3n) is 4.74. The molecule has 0 amide bonds. The van der Waals surface area contributed by atoms with Crippen molar-refractivity contribution in [1.82, 2.24) is 9.97 Å². The van der Waals surface area contributed by atoms with E-state index in [4.69, 9.17) is 5.26 Å². The Morgan fingerprint density at radius 1 is 1.13 bits per heavy atom. The number of halogens is 1. The zero-order chi connectivity index (χ0) is 22.2. The van der Waals surface area contributed by atoms with Gasteiger partial charge < -0.3 is 5.32 Å². The van der Waals surface area contributed by atoms with Gasteiger partial charge in [0.05, 0.1) is 22.0 Å². The van der Waals surface area contributed by atoms with E-state index in [9.17, 15) is 12.8 Å². The second-order valence-corrected chi connectivity index (χ2v) is 9.30. The Morgan fingerprint density at radius 2 is 1.94 bits per heavy atom. The average Bonchev–Trinajstić information content (AvgIpc) is 3.09. The SMILES string of the molecule is CC1=Nc2c(Nc3ccc(F)cc3S(C)(=O)=O)cc(Cc3cccc(C#N)n3)nc2C1. The van der Waals surface area contributed by atoms with Crippen molar-refractivity contribution in [2.75, 3.05) is 11.6 Å². The molecule has 0 aliphatic carbocycles. The molecule has 0 atom stereocenters. The van der Waals surface area contributed by atoms with Crippen molar-refractivity contribution >= 4 is 32.6 Å². The van der Waals surface area contributed by atoms with Crippen molar-refractivity contribution in [3.05, 3.63) is 71.1 Å². The molecule has 0 radical (unpaired) electrons. The maximum absolute atomic E-state index is 13.7. The van der Waals surface area contributed by atoms with Crippen LogP contribution in [0.3, 0.4) is 0 Å². The van der Waals surface area contributed by atoms with Gasteiger partial charge in [0.25, 0.3) is 0 Å². The third kappa shape index (κ3) is 4.44. The first-order valence-corrected chi connectivity index (χ1v) is 11.3. The fourth-order valence-corrected chi connectivity index (χ4v) is 4.28. The van der Waals surface area contributed by atoms with E-state index in [0.29, 0.717) is 41.3 Å². The van der Waals surface area contributed by atoms with Crippen LogP contribution in [0.2, 0.25) is 0 Å². The molecule has 2 aromatic heterocycles. The van der Waals surface area contributed by atoms with Gasteiger partial charge in [0.1, 0.15) is 23.3 Å². The first kappa shape index (κ1) is 20.6. The van der Waals surface area contributed by atoms with E-state index in [1.807, 2.05) is 19.1 Å². The first-order valence-electron chi connectivity index (χ1n) is 9.42. The molecular weight excluding hydrogens is 417 g/mol. The number of nitriles is 1. The second kappa shape index (κ2) is 7.89. The van der Waals surface area contributed by atoms with Crippen LogP contribution in [0.5, 0.6) is 0 Å². The monoisotopic (exact) mass is 435 g/mol. The average molecular weight is 435 g/mol. The van der Waals surface area contributed by atoms with E-state index in [1.165, 1.54) is 12.1 Å².